The van der Waals surface area contributed by atoms with Gasteiger partial charge in [0, 0.05) is 6.61 Å². The highest BCUT2D eigenvalue weighted by atomic mass is 16.5. The Hall–Kier alpha value is -1.35. The van der Waals surface area contributed by atoms with Gasteiger partial charge in [-0.15, -0.1) is 0 Å². The lowest BCUT2D eigenvalue weighted by atomic mass is 9.90. The van der Waals surface area contributed by atoms with Gasteiger partial charge in [-0.2, -0.15) is 0 Å². The van der Waals surface area contributed by atoms with Crippen LogP contribution in [-0.4, -0.2) is 24.6 Å². The monoisotopic (exact) mass is 262 g/mol. The fourth-order valence-electron chi connectivity index (χ4n) is 2.84. The number of carbonyl (C=O) groups is 1. The van der Waals surface area contributed by atoms with E-state index in [0.29, 0.717) is 24.5 Å². The maximum atomic E-state index is 12.8. The van der Waals surface area contributed by atoms with Gasteiger partial charge in [0.05, 0.1) is 12.2 Å². The van der Waals surface area contributed by atoms with Crippen molar-refractivity contribution in [1.82, 2.24) is 0 Å². The van der Waals surface area contributed by atoms with Gasteiger partial charge in [0.25, 0.3) is 0 Å². The minimum atomic E-state index is -0.623. The number of benzene rings is 1. The van der Waals surface area contributed by atoms with Crippen LogP contribution in [-0.2, 0) is 4.74 Å². The molecule has 3 heteroatoms. The summed E-state index contributed by atoms with van der Waals surface area (Å²) in [6.07, 6.45) is 3.76. The number of para-hydroxylation sites is 1. The van der Waals surface area contributed by atoms with E-state index >= 15 is 0 Å². The van der Waals surface area contributed by atoms with E-state index in [-0.39, 0.29) is 5.78 Å². The molecule has 0 heterocycles. The molecule has 104 valence electrons. The van der Waals surface area contributed by atoms with Gasteiger partial charge >= 0.3 is 0 Å². The molecule has 0 unspecified atom stereocenters. The molecule has 2 rings (SSSR count). The fraction of sp³-hybridized carbons (Fsp3) is 0.562. The van der Waals surface area contributed by atoms with E-state index < -0.39 is 5.60 Å². The van der Waals surface area contributed by atoms with Crippen molar-refractivity contribution in [3.05, 3.63) is 29.8 Å². The van der Waals surface area contributed by atoms with Gasteiger partial charge in [-0.3, -0.25) is 4.79 Å². The van der Waals surface area contributed by atoms with Crippen LogP contribution in [0.5, 0.6) is 5.75 Å². The number of hydrogen-bond acceptors (Lipinski definition) is 3. The van der Waals surface area contributed by atoms with Gasteiger partial charge < -0.3 is 9.47 Å². The molecule has 0 atom stereocenters. The molecule has 0 saturated heterocycles. The molecule has 1 aliphatic rings. The van der Waals surface area contributed by atoms with E-state index in [1.165, 1.54) is 0 Å². The quantitative estimate of drug-likeness (QED) is 0.735. The number of rotatable bonds is 6. The predicted octanol–water partition coefficient (Wildman–Crippen LogP) is 3.62. The van der Waals surface area contributed by atoms with Gasteiger partial charge in [0.1, 0.15) is 11.4 Å². The summed E-state index contributed by atoms with van der Waals surface area (Å²) in [5, 5.41) is 0. The summed E-state index contributed by atoms with van der Waals surface area (Å²) in [5.74, 6) is 0.747. The van der Waals surface area contributed by atoms with Gasteiger partial charge in [0.2, 0.25) is 0 Å². The standard InChI is InChI=1S/C16H22O3/c1-3-18-14-10-6-5-9-13(14)15(17)16(19-4-2)11-7-8-12-16/h5-6,9-10H,3-4,7-8,11-12H2,1-2H3. The number of hydrogen-bond donors (Lipinski definition) is 0. The van der Waals surface area contributed by atoms with Gasteiger partial charge in [0.15, 0.2) is 5.78 Å². The lowest BCUT2D eigenvalue weighted by Gasteiger charge is -2.28. The zero-order valence-electron chi connectivity index (χ0n) is 11.8. The molecule has 1 fully saturated rings. The molecule has 19 heavy (non-hydrogen) atoms. The number of ether oxygens (including phenoxy) is 2. The Kier molecular flexibility index (Phi) is 4.59. The molecule has 0 aliphatic heterocycles. The predicted molar refractivity (Wildman–Crippen MR) is 74.8 cm³/mol. The third kappa shape index (κ3) is 2.81. The molecule has 0 amide bonds. The number of ketones is 1. The van der Waals surface area contributed by atoms with Crippen molar-refractivity contribution >= 4 is 5.78 Å². The first kappa shape index (κ1) is 14.1. The molecule has 3 nitrogen and oxygen atoms in total. The molecule has 1 aliphatic carbocycles. The summed E-state index contributed by atoms with van der Waals surface area (Å²) >= 11 is 0. The zero-order chi connectivity index (χ0) is 13.7. The van der Waals surface area contributed by atoms with E-state index in [2.05, 4.69) is 0 Å². The minimum absolute atomic E-state index is 0.0795. The lowest BCUT2D eigenvalue weighted by molar-refractivity contribution is -0.0165. The van der Waals surface area contributed by atoms with Crippen molar-refractivity contribution in [2.45, 2.75) is 45.1 Å². The van der Waals surface area contributed by atoms with Crippen LogP contribution < -0.4 is 4.74 Å². The lowest BCUT2D eigenvalue weighted by Crippen LogP contribution is -2.39. The summed E-state index contributed by atoms with van der Waals surface area (Å²) in [6.45, 7) is 5.01. The Morgan fingerprint density at radius 1 is 1.16 bits per heavy atom. The zero-order valence-corrected chi connectivity index (χ0v) is 11.8. The summed E-state index contributed by atoms with van der Waals surface area (Å²) in [6, 6.07) is 7.46. The average Bonchev–Trinajstić information content (AvgIpc) is 2.89. The van der Waals surface area contributed by atoms with Crippen LogP contribution in [0.4, 0.5) is 0 Å². The van der Waals surface area contributed by atoms with Crippen LogP contribution in [0, 0.1) is 0 Å². The van der Waals surface area contributed by atoms with Crippen molar-refractivity contribution in [3.63, 3.8) is 0 Å². The Balaban J connectivity index is 2.31. The van der Waals surface area contributed by atoms with Crippen LogP contribution in [0.15, 0.2) is 24.3 Å². The van der Waals surface area contributed by atoms with Crippen molar-refractivity contribution in [2.24, 2.45) is 0 Å². The van der Waals surface area contributed by atoms with Gasteiger partial charge in [-0.1, -0.05) is 12.1 Å². The molecule has 1 aromatic rings. The van der Waals surface area contributed by atoms with Crippen molar-refractivity contribution in [1.29, 1.82) is 0 Å². The van der Waals surface area contributed by atoms with E-state index in [4.69, 9.17) is 9.47 Å². The van der Waals surface area contributed by atoms with E-state index in [9.17, 15) is 4.79 Å². The Morgan fingerprint density at radius 3 is 2.47 bits per heavy atom. The molecule has 1 saturated carbocycles. The second-order valence-corrected chi connectivity index (χ2v) is 4.89. The maximum Gasteiger partial charge on any atom is 0.198 e. The van der Waals surface area contributed by atoms with Crippen molar-refractivity contribution in [2.75, 3.05) is 13.2 Å². The normalized spacial score (nSPS) is 17.4. The van der Waals surface area contributed by atoms with Crippen LogP contribution in [0.1, 0.15) is 49.9 Å². The third-order valence-electron chi connectivity index (χ3n) is 3.68. The van der Waals surface area contributed by atoms with Crippen LogP contribution in [0.25, 0.3) is 0 Å². The molecule has 1 aromatic carbocycles. The second kappa shape index (κ2) is 6.20. The fourth-order valence-corrected chi connectivity index (χ4v) is 2.84. The molecule has 0 bridgehead atoms. The van der Waals surface area contributed by atoms with E-state index in [1.54, 1.807) is 0 Å². The van der Waals surface area contributed by atoms with Gasteiger partial charge in [-0.25, -0.2) is 0 Å². The summed E-state index contributed by atoms with van der Waals surface area (Å²) in [5.41, 5.74) is 0.0294. The van der Waals surface area contributed by atoms with Crippen LogP contribution >= 0.6 is 0 Å². The second-order valence-electron chi connectivity index (χ2n) is 4.89. The van der Waals surface area contributed by atoms with Crippen LogP contribution in [0.3, 0.4) is 0 Å². The van der Waals surface area contributed by atoms with Gasteiger partial charge in [-0.05, 0) is 51.7 Å². The summed E-state index contributed by atoms with van der Waals surface area (Å²) in [7, 11) is 0. The smallest absolute Gasteiger partial charge is 0.198 e. The van der Waals surface area contributed by atoms with Crippen molar-refractivity contribution < 1.29 is 14.3 Å². The molecule has 0 N–H and O–H groups in total. The summed E-state index contributed by atoms with van der Waals surface area (Å²) < 4.78 is 11.4. The third-order valence-corrected chi connectivity index (χ3v) is 3.68. The summed E-state index contributed by atoms with van der Waals surface area (Å²) in [4.78, 5) is 12.8. The molecule has 0 spiro atoms. The molecule has 0 radical (unpaired) electrons. The maximum absolute atomic E-state index is 12.8. The Labute approximate surface area is 114 Å². The largest absolute Gasteiger partial charge is 0.493 e. The van der Waals surface area contributed by atoms with E-state index in [1.807, 2.05) is 38.1 Å². The highest BCUT2D eigenvalue weighted by Gasteiger charge is 2.43. The number of Topliss-reactive ketones (excluding diaryl/α,β-unsaturated/α-hetero) is 1. The van der Waals surface area contributed by atoms with Crippen LogP contribution in [0.2, 0.25) is 0 Å². The molecular formula is C16H22O3. The SMILES string of the molecule is CCOc1ccccc1C(=O)C1(OCC)CCCC1. The first-order chi connectivity index (χ1) is 9.23. The topological polar surface area (TPSA) is 35.5 Å². The average molecular weight is 262 g/mol. The van der Waals surface area contributed by atoms with E-state index in [0.717, 1.165) is 25.7 Å². The molecular weight excluding hydrogens is 240 g/mol. The first-order valence-corrected chi connectivity index (χ1v) is 7.14. The number of carbonyl (C=O) groups excluding carboxylic acids is 1. The minimum Gasteiger partial charge on any atom is -0.493 e. The first-order valence-electron chi connectivity index (χ1n) is 7.14. The highest BCUT2D eigenvalue weighted by molar-refractivity contribution is 6.04. The highest BCUT2D eigenvalue weighted by Crippen LogP contribution is 2.38. The Bertz CT molecular complexity index is 433. The molecule has 0 aromatic heterocycles. The van der Waals surface area contributed by atoms with Crippen molar-refractivity contribution in [3.8, 4) is 5.75 Å². The Morgan fingerprint density at radius 2 is 1.84 bits per heavy atom.